The Bertz CT molecular complexity index is 754. The van der Waals surface area contributed by atoms with Crippen LogP contribution in [0.3, 0.4) is 0 Å². The number of hydrogen-bond donors (Lipinski definition) is 1. The molecule has 4 nitrogen and oxygen atoms in total. The number of carbonyl (C=O) groups excluding carboxylic acids is 1. The largest absolute Gasteiger partial charge is 0.466 e. The van der Waals surface area contributed by atoms with Crippen molar-refractivity contribution in [2.24, 2.45) is 0 Å². The van der Waals surface area contributed by atoms with E-state index in [0.717, 1.165) is 20.8 Å². The second-order valence-corrected chi connectivity index (χ2v) is 5.80. The average molecular weight is 348 g/mol. The molecule has 21 heavy (non-hydrogen) atoms. The van der Waals surface area contributed by atoms with Crippen molar-refractivity contribution in [2.45, 2.75) is 13.0 Å². The van der Waals surface area contributed by atoms with Gasteiger partial charge in [-0.05, 0) is 41.5 Å². The average Bonchev–Trinajstić information content (AvgIpc) is 2.87. The highest BCUT2D eigenvalue weighted by atomic mass is 79.9. The van der Waals surface area contributed by atoms with Crippen molar-refractivity contribution in [1.29, 1.82) is 0 Å². The second-order valence-electron chi connectivity index (χ2n) is 4.88. The third-order valence-corrected chi connectivity index (χ3v) is 4.02. The highest BCUT2D eigenvalue weighted by molar-refractivity contribution is 9.10. The lowest BCUT2D eigenvalue weighted by atomic mass is 9.98. The number of nitrogens with one attached hydrogen (secondary N) is 1. The molecule has 1 heterocycles. The minimum atomic E-state index is -0.453. The number of hydrogen-bond acceptors (Lipinski definition) is 4. The molecule has 0 aliphatic carbocycles. The van der Waals surface area contributed by atoms with Gasteiger partial charge in [0.2, 0.25) is 0 Å². The van der Waals surface area contributed by atoms with Gasteiger partial charge in [-0.1, -0.05) is 34.1 Å². The summed E-state index contributed by atoms with van der Waals surface area (Å²) in [4.78, 5) is 17.4. The number of benzene rings is 2. The van der Waals surface area contributed by atoms with E-state index in [9.17, 15) is 4.79 Å². The first kappa shape index (κ1) is 14.1. The number of esters is 1. The second kappa shape index (κ2) is 5.50. The van der Waals surface area contributed by atoms with Crippen LogP contribution in [0.1, 0.15) is 18.6 Å². The van der Waals surface area contributed by atoms with E-state index in [-0.39, 0.29) is 5.97 Å². The Morgan fingerprint density at radius 2 is 1.95 bits per heavy atom. The lowest BCUT2D eigenvalue weighted by Crippen LogP contribution is -2.12. The van der Waals surface area contributed by atoms with Crippen molar-refractivity contribution in [3.05, 3.63) is 57.7 Å². The van der Waals surface area contributed by atoms with Crippen molar-refractivity contribution in [3.8, 4) is 0 Å². The van der Waals surface area contributed by atoms with Gasteiger partial charge in [-0.25, -0.2) is 4.79 Å². The first-order chi connectivity index (χ1) is 10.1. The molecular formula is C16H14BrNO3. The van der Waals surface area contributed by atoms with Crippen LogP contribution in [0.15, 0.2) is 52.1 Å². The summed E-state index contributed by atoms with van der Waals surface area (Å²) in [5.41, 5.74) is 4.86. The number of methoxy groups -OCH3 is 1. The predicted octanol–water partition coefficient (Wildman–Crippen LogP) is 3.63. The van der Waals surface area contributed by atoms with Gasteiger partial charge in [-0.3, -0.25) is 10.3 Å². The highest BCUT2D eigenvalue weighted by Crippen LogP contribution is 2.34. The van der Waals surface area contributed by atoms with E-state index < -0.39 is 6.10 Å². The fraction of sp³-hybridized carbons (Fsp3) is 0.188. The van der Waals surface area contributed by atoms with Gasteiger partial charge in [-0.2, -0.15) is 0 Å². The van der Waals surface area contributed by atoms with Gasteiger partial charge in [0.25, 0.3) is 0 Å². The van der Waals surface area contributed by atoms with E-state index in [4.69, 9.17) is 9.57 Å². The molecule has 0 saturated heterocycles. The van der Waals surface area contributed by atoms with Gasteiger partial charge in [0.05, 0.1) is 12.7 Å². The minimum Gasteiger partial charge on any atom is -0.466 e. The summed E-state index contributed by atoms with van der Waals surface area (Å²) in [5.74, 6) is -0.376. The molecule has 0 aromatic heterocycles. The number of carbonyl (C=O) groups is 1. The van der Waals surface area contributed by atoms with Gasteiger partial charge in [0, 0.05) is 10.2 Å². The number of ether oxygens (including phenoxy) is 1. The quantitative estimate of drug-likeness (QED) is 0.842. The van der Waals surface area contributed by atoms with Gasteiger partial charge in [-0.15, -0.1) is 0 Å². The number of allylic oxidation sites excluding steroid dienone is 1. The zero-order chi connectivity index (χ0) is 15.0. The summed E-state index contributed by atoms with van der Waals surface area (Å²) in [7, 11) is 1.37. The van der Waals surface area contributed by atoms with E-state index in [2.05, 4.69) is 27.5 Å². The van der Waals surface area contributed by atoms with Crippen LogP contribution in [0, 0.1) is 0 Å². The van der Waals surface area contributed by atoms with Crippen LogP contribution in [0.2, 0.25) is 0 Å². The monoisotopic (exact) mass is 347 g/mol. The Balaban J connectivity index is 2.04. The van der Waals surface area contributed by atoms with Gasteiger partial charge >= 0.3 is 5.97 Å². The molecule has 108 valence electrons. The standard InChI is InChI=1S/C16H14BrNO3/c1-9-14(16(19)20-2)15(21-18-9)12-4-3-11-8-13(17)6-5-10(11)7-12/h3-8,15,18H,1-2H3. The number of halogens is 1. The van der Waals surface area contributed by atoms with Crippen LogP contribution in [-0.2, 0) is 14.4 Å². The zero-order valence-electron chi connectivity index (χ0n) is 11.6. The minimum absolute atomic E-state index is 0.376. The Hall–Kier alpha value is -1.85. The molecule has 0 bridgehead atoms. The molecular weight excluding hydrogens is 334 g/mol. The third kappa shape index (κ3) is 2.54. The topological polar surface area (TPSA) is 47.6 Å². The summed E-state index contributed by atoms with van der Waals surface area (Å²) in [6.45, 7) is 1.80. The first-order valence-electron chi connectivity index (χ1n) is 6.50. The van der Waals surface area contributed by atoms with Crippen molar-refractivity contribution in [1.82, 2.24) is 5.48 Å². The van der Waals surface area contributed by atoms with Gasteiger partial charge < -0.3 is 4.74 Å². The molecule has 1 aliphatic rings. The Kier molecular flexibility index (Phi) is 3.69. The number of rotatable bonds is 2. The van der Waals surface area contributed by atoms with Crippen LogP contribution >= 0.6 is 15.9 Å². The molecule has 1 aliphatic heterocycles. The van der Waals surface area contributed by atoms with E-state index in [1.54, 1.807) is 6.92 Å². The normalized spacial score (nSPS) is 18.0. The van der Waals surface area contributed by atoms with Crippen molar-refractivity contribution in [2.75, 3.05) is 7.11 Å². The number of fused-ring (bicyclic) bond motifs is 1. The molecule has 2 aromatic rings. The predicted molar refractivity (Wildman–Crippen MR) is 83.3 cm³/mol. The van der Waals surface area contributed by atoms with Crippen LogP contribution < -0.4 is 5.48 Å². The highest BCUT2D eigenvalue weighted by Gasteiger charge is 2.32. The summed E-state index contributed by atoms with van der Waals surface area (Å²) in [6.07, 6.45) is -0.453. The van der Waals surface area contributed by atoms with Gasteiger partial charge in [0.15, 0.2) is 0 Å². The van der Waals surface area contributed by atoms with E-state index >= 15 is 0 Å². The summed E-state index contributed by atoms with van der Waals surface area (Å²) < 4.78 is 5.87. The smallest absolute Gasteiger partial charge is 0.338 e. The van der Waals surface area contributed by atoms with E-state index in [0.29, 0.717) is 11.3 Å². The van der Waals surface area contributed by atoms with E-state index in [1.807, 2.05) is 30.3 Å². The van der Waals surface area contributed by atoms with Crippen molar-refractivity contribution in [3.63, 3.8) is 0 Å². The summed E-state index contributed by atoms with van der Waals surface area (Å²) in [5, 5.41) is 2.22. The fourth-order valence-electron chi connectivity index (χ4n) is 2.46. The van der Waals surface area contributed by atoms with Crippen LogP contribution in [0.4, 0.5) is 0 Å². The summed E-state index contributed by atoms with van der Waals surface area (Å²) >= 11 is 3.46. The number of hydroxylamine groups is 1. The molecule has 3 rings (SSSR count). The maximum atomic E-state index is 11.9. The lowest BCUT2D eigenvalue weighted by molar-refractivity contribution is -0.137. The molecule has 1 N–H and O–H groups in total. The lowest BCUT2D eigenvalue weighted by Gasteiger charge is -2.13. The Morgan fingerprint density at radius 1 is 1.24 bits per heavy atom. The molecule has 0 amide bonds. The molecule has 0 fully saturated rings. The third-order valence-electron chi connectivity index (χ3n) is 3.53. The SMILES string of the molecule is COC(=O)C1=C(C)NOC1c1ccc2cc(Br)ccc2c1. The van der Waals surface area contributed by atoms with Crippen LogP contribution in [0.5, 0.6) is 0 Å². The first-order valence-corrected chi connectivity index (χ1v) is 7.29. The fourth-order valence-corrected chi connectivity index (χ4v) is 2.84. The van der Waals surface area contributed by atoms with Crippen LogP contribution in [0.25, 0.3) is 10.8 Å². The molecule has 0 saturated carbocycles. The zero-order valence-corrected chi connectivity index (χ0v) is 13.2. The molecule has 0 radical (unpaired) electrons. The molecule has 0 spiro atoms. The Labute approximate surface area is 130 Å². The maximum absolute atomic E-state index is 11.9. The maximum Gasteiger partial charge on any atom is 0.338 e. The molecule has 5 heteroatoms. The molecule has 2 aromatic carbocycles. The molecule has 1 atom stereocenters. The van der Waals surface area contributed by atoms with E-state index in [1.165, 1.54) is 7.11 Å². The molecule has 1 unspecified atom stereocenters. The van der Waals surface area contributed by atoms with Crippen molar-refractivity contribution < 1.29 is 14.4 Å². The van der Waals surface area contributed by atoms with Crippen LogP contribution in [-0.4, -0.2) is 13.1 Å². The Morgan fingerprint density at radius 3 is 2.71 bits per heavy atom. The van der Waals surface area contributed by atoms with Gasteiger partial charge in [0.1, 0.15) is 6.10 Å². The summed E-state index contributed by atoms with van der Waals surface area (Å²) in [6, 6.07) is 12.1. The van der Waals surface area contributed by atoms with Crippen molar-refractivity contribution >= 4 is 32.7 Å².